The molecule has 1 aromatic heterocycles. The summed E-state index contributed by atoms with van der Waals surface area (Å²) in [5.41, 5.74) is 4.86. The van der Waals surface area contributed by atoms with Crippen molar-refractivity contribution in [2.75, 3.05) is 6.54 Å². The Morgan fingerprint density at radius 2 is 2.18 bits per heavy atom. The van der Waals surface area contributed by atoms with E-state index in [0.29, 0.717) is 0 Å². The summed E-state index contributed by atoms with van der Waals surface area (Å²) in [7, 11) is 0. The molecular formula is C18H21NO2S. The van der Waals surface area contributed by atoms with Crippen molar-refractivity contribution in [3.8, 4) is 0 Å². The molecule has 0 saturated carbocycles. The van der Waals surface area contributed by atoms with Crippen molar-refractivity contribution < 1.29 is 9.90 Å². The zero-order valence-corrected chi connectivity index (χ0v) is 13.8. The SMILES string of the molecule is Cc1ccc(C)c(C(c2ccsc2)N2CCCC2C(=O)O)c1. The molecule has 0 spiro atoms. The molecule has 2 unspecified atom stereocenters. The number of aliphatic carboxylic acids is 1. The van der Waals surface area contributed by atoms with E-state index in [1.54, 1.807) is 11.3 Å². The van der Waals surface area contributed by atoms with Crippen LogP contribution in [0, 0.1) is 13.8 Å². The Hall–Kier alpha value is -1.65. The van der Waals surface area contributed by atoms with Gasteiger partial charge in [-0.1, -0.05) is 23.8 Å². The number of hydrogen-bond acceptors (Lipinski definition) is 3. The molecule has 1 N–H and O–H groups in total. The van der Waals surface area contributed by atoms with Gasteiger partial charge >= 0.3 is 5.97 Å². The Balaban J connectivity index is 2.09. The van der Waals surface area contributed by atoms with Gasteiger partial charge in [0.05, 0.1) is 6.04 Å². The number of carboxylic acids is 1. The standard InChI is InChI=1S/C18H21NO2S/c1-12-5-6-13(2)15(10-12)17(14-7-9-22-11-14)19-8-3-4-16(19)18(20)21/h5-7,9-11,16-17H,3-4,8H2,1-2H3,(H,20,21). The fourth-order valence-electron chi connectivity index (χ4n) is 3.40. The van der Waals surface area contributed by atoms with Crippen LogP contribution in [0.3, 0.4) is 0 Å². The Bertz CT molecular complexity index is 666. The van der Waals surface area contributed by atoms with E-state index >= 15 is 0 Å². The summed E-state index contributed by atoms with van der Waals surface area (Å²) in [6.45, 7) is 5.04. The lowest BCUT2D eigenvalue weighted by atomic mass is 9.93. The van der Waals surface area contributed by atoms with Gasteiger partial charge < -0.3 is 5.11 Å². The smallest absolute Gasteiger partial charge is 0.320 e. The predicted molar refractivity (Wildman–Crippen MR) is 89.4 cm³/mol. The van der Waals surface area contributed by atoms with Crippen molar-refractivity contribution in [1.29, 1.82) is 0 Å². The van der Waals surface area contributed by atoms with Gasteiger partial charge in [-0.2, -0.15) is 11.3 Å². The van der Waals surface area contributed by atoms with Gasteiger partial charge in [-0.25, -0.2) is 0 Å². The minimum atomic E-state index is -0.706. The van der Waals surface area contributed by atoms with Crippen molar-refractivity contribution in [3.05, 3.63) is 57.3 Å². The molecule has 3 nitrogen and oxygen atoms in total. The lowest BCUT2D eigenvalue weighted by Crippen LogP contribution is -2.39. The fraction of sp³-hybridized carbons (Fsp3) is 0.389. The first-order valence-electron chi connectivity index (χ1n) is 7.65. The van der Waals surface area contributed by atoms with Crippen LogP contribution in [0.1, 0.15) is 41.1 Å². The van der Waals surface area contributed by atoms with Crippen LogP contribution in [-0.2, 0) is 4.79 Å². The fourth-order valence-corrected chi connectivity index (χ4v) is 4.08. The van der Waals surface area contributed by atoms with E-state index in [2.05, 4.69) is 53.8 Å². The molecule has 0 radical (unpaired) electrons. The topological polar surface area (TPSA) is 40.5 Å². The zero-order valence-electron chi connectivity index (χ0n) is 13.0. The van der Waals surface area contributed by atoms with Crippen LogP contribution in [0.2, 0.25) is 0 Å². The van der Waals surface area contributed by atoms with Gasteiger partial charge in [0, 0.05) is 6.54 Å². The van der Waals surface area contributed by atoms with Gasteiger partial charge in [0.15, 0.2) is 0 Å². The first-order valence-corrected chi connectivity index (χ1v) is 8.60. The molecule has 2 aromatic rings. The Kier molecular flexibility index (Phi) is 4.32. The second-order valence-corrected chi connectivity index (χ2v) is 6.83. The summed E-state index contributed by atoms with van der Waals surface area (Å²) in [6.07, 6.45) is 1.68. The maximum atomic E-state index is 11.6. The number of thiophene rings is 1. The van der Waals surface area contributed by atoms with Crippen LogP contribution >= 0.6 is 11.3 Å². The van der Waals surface area contributed by atoms with Gasteiger partial charge in [-0.3, -0.25) is 9.69 Å². The molecule has 4 heteroatoms. The number of rotatable bonds is 4. The quantitative estimate of drug-likeness (QED) is 0.927. The van der Waals surface area contributed by atoms with E-state index in [-0.39, 0.29) is 12.1 Å². The van der Waals surface area contributed by atoms with Crippen molar-refractivity contribution in [1.82, 2.24) is 4.90 Å². The number of carboxylic acid groups (broad SMARTS) is 1. The lowest BCUT2D eigenvalue weighted by Gasteiger charge is -2.32. The summed E-state index contributed by atoms with van der Waals surface area (Å²) in [5, 5.41) is 13.8. The summed E-state index contributed by atoms with van der Waals surface area (Å²) < 4.78 is 0. The third-order valence-corrected chi connectivity index (χ3v) is 5.20. The average Bonchev–Trinajstić information content (AvgIpc) is 3.14. The van der Waals surface area contributed by atoms with Gasteiger partial charge in [0.25, 0.3) is 0 Å². The predicted octanol–water partition coefficient (Wildman–Crippen LogP) is 4.00. The van der Waals surface area contributed by atoms with Gasteiger partial charge in [-0.05, 0) is 60.2 Å². The van der Waals surface area contributed by atoms with Crippen LogP contribution in [0.4, 0.5) is 0 Å². The summed E-state index contributed by atoms with van der Waals surface area (Å²) in [4.78, 5) is 13.8. The highest BCUT2D eigenvalue weighted by atomic mass is 32.1. The molecule has 1 aliphatic rings. The number of carbonyl (C=O) groups is 1. The van der Waals surface area contributed by atoms with Crippen LogP contribution in [0.25, 0.3) is 0 Å². The number of nitrogens with zero attached hydrogens (tertiary/aromatic N) is 1. The van der Waals surface area contributed by atoms with Gasteiger partial charge in [-0.15, -0.1) is 0 Å². The van der Waals surface area contributed by atoms with Crippen molar-refractivity contribution in [2.45, 2.75) is 38.8 Å². The zero-order chi connectivity index (χ0) is 15.7. The normalized spacial score (nSPS) is 20.2. The molecule has 22 heavy (non-hydrogen) atoms. The van der Waals surface area contributed by atoms with E-state index < -0.39 is 5.97 Å². The van der Waals surface area contributed by atoms with E-state index in [0.717, 1.165) is 19.4 Å². The summed E-state index contributed by atoms with van der Waals surface area (Å²) in [5.74, 6) is -0.706. The summed E-state index contributed by atoms with van der Waals surface area (Å²) in [6, 6.07) is 8.22. The van der Waals surface area contributed by atoms with Gasteiger partial charge in [0.2, 0.25) is 0 Å². The minimum absolute atomic E-state index is 0.0368. The molecule has 0 amide bonds. The van der Waals surface area contributed by atoms with E-state index in [1.807, 2.05) is 0 Å². The number of hydrogen-bond donors (Lipinski definition) is 1. The molecule has 2 atom stereocenters. The maximum absolute atomic E-state index is 11.6. The van der Waals surface area contributed by atoms with Crippen molar-refractivity contribution in [2.24, 2.45) is 0 Å². The molecule has 1 fully saturated rings. The van der Waals surface area contributed by atoms with E-state index in [1.165, 1.54) is 22.3 Å². The third-order valence-electron chi connectivity index (χ3n) is 4.50. The highest BCUT2D eigenvalue weighted by Gasteiger charge is 2.37. The lowest BCUT2D eigenvalue weighted by molar-refractivity contribution is -0.142. The third kappa shape index (κ3) is 2.81. The molecule has 1 aliphatic heterocycles. The molecule has 3 rings (SSSR count). The van der Waals surface area contributed by atoms with E-state index in [4.69, 9.17) is 0 Å². The first kappa shape index (κ1) is 15.3. The maximum Gasteiger partial charge on any atom is 0.320 e. The van der Waals surface area contributed by atoms with Crippen LogP contribution < -0.4 is 0 Å². The Morgan fingerprint density at radius 1 is 1.36 bits per heavy atom. The monoisotopic (exact) mass is 315 g/mol. The largest absolute Gasteiger partial charge is 0.480 e. The van der Waals surface area contributed by atoms with Gasteiger partial charge in [0.1, 0.15) is 6.04 Å². The van der Waals surface area contributed by atoms with Crippen molar-refractivity contribution >= 4 is 17.3 Å². The number of likely N-dealkylation sites (tertiary alicyclic amines) is 1. The molecular weight excluding hydrogens is 294 g/mol. The first-order chi connectivity index (χ1) is 10.6. The molecule has 116 valence electrons. The number of benzene rings is 1. The molecule has 2 heterocycles. The van der Waals surface area contributed by atoms with Crippen molar-refractivity contribution in [3.63, 3.8) is 0 Å². The molecule has 1 saturated heterocycles. The number of aryl methyl sites for hydroxylation is 2. The van der Waals surface area contributed by atoms with Crippen LogP contribution in [0.5, 0.6) is 0 Å². The Labute approximate surface area is 135 Å². The second-order valence-electron chi connectivity index (χ2n) is 6.05. The van der Waals surface area contributed by atoms with Crippen LogP contribution in [0.15, 0.2) is 35.0 Å². The molecule has 0 aliphatic carbocycles. The minimum Gasteiger partial charge on any atom is -0.480 e. The second kappa shape index (κ2) is 6.23. The highest BCUT2D eigenvalue weighted by Crippen LogP contribution is 2.37. The van der Waals surface area contributed by atoms with E-state index in [9.17, 15) is 9.90 Å². The summed E-state index contributed by atoms with van der Waals surface area (Å²) >= 11 is 1.67. The van der Waals surface area contributed by atoms with Crippen LogP contribution in [-0.4, -0.2) is 28.6 Å². The highest BCUT2D eigenvalue weighted by molar-refractivity contribution is 7.08. The average molecular weight is 315 g/mol. The molecule has 1 aromatic carbocycles. The Morgan fingerprint density at radius 3 is 2.86 bits per heavy atom. The molecule has 0 bridgehead atoms.